The molecule has 1 aromatic rings. The van der Waals surface area contributed by atoms with Crippen molar-refractivity contribution in [1.82, 2.24) is 9.55 Å². The molecule has 17 heavy (non-hydrogen) atoms. The molecule has 0 atom stereocenters. The van der Waals surface area contributed by atoms with E-state index in [2.05, 4.69) is 4.98 Å². The van der Waals surface area contributed by atoms with Gasteiger partial charge in [0.15, 0.2) is 5.69 Å². The summed E-state index contributed by atoms with van der Waals surface area (Å²) in [5, 5.41) is 0. The average Bonchev–Trinajstić information content (AvgIpc) is 2.66. The van der Waals surface area contributed by atoms with Crippen LogP contribution in [-0.4, -0.2) is 21.6 Å². The van der Waals surface area contributed by atoms with Crippen molar-refractivity contribution < 1.29 is 9.53 Å². The summed E-state index contributed by atoms with van der Waals surface area (Å²) in [5.74, 6) is 0.821. The zero-order valence-corrected chi connectivity index (χ0v) is 10.8. The highest BCUT2D eigenvalue weighted by Crippen LogP contribution is 2.21. The van der Waals surface area contributed by atoms with Gasteiger partial charge in [-0.25, -0.2) is 9.78 Å². The van der Waals surface area contributed by atoms with Gasteiger partial charge in [-0.2, -0.15) is 0 Å². The minimum atomic E-state index is -0.225. The highest BCUT2D eigenvalue weighted by atomic mass is 16.5. The van der Waals surface area contributed by atoms with Crippen LogP contribution >= 0.6 is 0 Å². The van der Waals surface area contributed by atoms with Gasteiger partial charge in [0.2, 0.25) is 0 Å². The van der Waals surface area contributed by atoms with Gasteiger partial charge in [-0.1, -0.05) is 6.92 Å². The van der Waals surface area contributed by atoms with Crippen LogP contribution in [0.1, 0.15) is 55.6 Å². The molecule has 0 radical (unpaired) electrons. The highest BCUT2D eigenvalue weighted by molar-refractivity contribution is 5.89. The molecule has 1 aliphatic rings. The summed E-state index contributed by atoms with van der Waals surface area (Å²) in [6.45, 7) is 6.67. The van der Waals surface area contributed by atoms with Crippen LogP contribution in [0.3, 0.4) is 0 Å². The summed E-state index contributed by atoms with van der Waals surface area (Å²) >= 11 is 0. The number of hydrogen-bond donors (Lipinski definition) is 0. The fourth-order valence-electron chi connectivity index (χ4n) is 2.28. The van der Waals surface area contributed by atoms with Crippen LogP contribution in [0.15, 0.2) is 0 Å². The van der Waals surface area contributed by atoms with E-state index in [-0.39, 0.29) is 12.1 Å². The van der Waals surface area contributed by atoms with E-state index in [0.717, 1.165) is 37.3 Å². The van der Waals surface area contributed by atoms with Crippen molar-refractivity contribution in [2.75, 3.05) is 0 Å². The van der Waals surface area contributed by atoms with Gasteiger partial charge in [-0.15, -0.1) is 0 Å². The highest BCUT2D eigenvalue weighted by Gasteiger charge is 2.25. The van der Waals surface area contributed by atoms with Gasteiger partial charge in [0, 0.05) is 13.0 Å². The van der Waals surface area contributed by atoms with Crippen molar-refractivity contribution >= 4 is 5.97 Å². The van der Waals surface area contributed by atoms with Crippen LogP contribution in [0.25, 0.3) is 0 Å². The Morgan fingerprint density at radius 2 is 2.24 bits per heavy atom. The number of esters is 1. The summed E-state index contributed by atoms with van der Waals surface area (Å²) < 4.78 is 7.35. The maximum atomic E-state index is 12.1. The minimum absolute atomic E-state index is 0.0815. The molecule has 0 aliphatic carbocycles. The molecule has 4 heteroatoms. The second-order valence-corrected chi connectivity index (χ2v) is 4.74. The van der Waals surface area contributed by atoms with Crippen LogP contribution in [0.5, 0.6) is 0 Å². The molecule has 0 amide bonds. The van der Waals surface area contributed by atoms with E-state index in [1.165, 1.54) is 6.42 Å². The van der Waals surface area contributed by atoms with Crippen molar-refractivity contribution in [3.8, 4) is 0 Å². The molecule has 0 saturated carbocycles. The Balaban J connectivity index is 2.36. The zero-order valence-electron chi connectivity index (χ0n) is 10.8. The fourth-order valence-corrected chi connectivity index (χ4v) is 2.28. The number of imidazole rings is 1. The van der Waals surface area contributed by atoms with Crippen molar-refractivity contribution in [3.63, 3.8) is 0 Å². The fraction of sp³-hybridized carbons (Fsp3) is 0.692. The zero-order chi connectivity index (χ0) is 12.4. The second-order valence-electron chi connectivity index (χ2n) is 4.74. The van der Waals surface area contributed by atoms with Gasteiger partial charge >= 0.3 is 5.97 Å². The number of carbonyl (C=O) groups is 1. The molecule has 2 heterocycles. The van der Waals surface area contributed by atoms with Gasteiger partial charge < -0.3 is 9.30 Å². The minimum Gasteiger partial charge on any atom is -0.458 e. The molecule has 0 saturated heterocycles. The second kappa shape index (κ2) is 4.90. The van der Waals surface area contributed by atoms with Gasteiger partial charge in [-0.05, 0) is 33.1 Å². The molecular weight excluding hydrogens is 216 g/mol. The normalized spacial score (nSPS) is 14.8. The predicted octanol–water partition coefficient (Wildman–Crippen LogP) is 2.35. The number of aromatic nitrogens is 2. The van der Waals surface area contributed by atoms with Crippen molar-refractivity contribution in [2.24, 2.45) is 0 Å². The van der Waals surface area contributed by atoms with E-state index in [0.29, 0.717) is 5.69 Å². The lowest BCUT2D eigenvalue weighted by molar-refractivity contribution is 0.0362. The molecule has 94 valence electrons. The SMILES string of the molecule is CCc1nc2n(c1C(=O)OC(C)C)CCCC2. The molecule has 1 aromatic heterocycles. The largest absolute Gasteiger partial charge is 0.458 e. The molecular formula is C13H20N2O2. The van der Waals surface area contributed by atoms with Gasteiger partial charge in [0.25, 0.3) is 0 Å². The van der Waals surface area contributed by atoms with E-state index >= 15 is 0 Å². The Bertz CT molecular complexity index is 421. The predicted molar refractivity (Wildman–Crippen MR) is 65.1 cm³/mol. The van der Waals surface area contributed by atoms with Crippen LogP contribution in [0.2, 0.25) is 0 Å². The summed E-state index contributed by atoms with van der Waals surface area (Å²) in [7, 11) is 0. The third kappa shape index (κ3) is 2.35. The average molecular weight is 236 g/mol. The summed E-state index contributed by atoms with van der Waals surface area (Å²) in [4.78, 5) is 16.6. The first-order valence-electron chi connectivity index (χ1n) is 6.42. The number of ether oxygens (including phenoxy) is 1. The molecule has 0 spiro atoms. The molecule has 0 N–H and O–H groups in total. The first-order valence-corrected chi connectivity index (χ1v) is 6.42. The lowest BCUT2D eigenvalue weighted by Gasteiger charge is -2.16. The Kier molecular flexibility index (Phi) is 3.50. The Hall–Kier alpha value is -1.32. The Morgan fingerprint density at radius 3 is 2.88 bits per heavy atom. The number of aryl methyl sites for hydroxylation is 2. The van der Waals surface area contributed by atoms with E-state index in [4.69, 9.17) is 4.74 Å². The lowest BCUT2D eigenvalue weighted by Crippen LogP contribution is -2.20. The third-order valence-electron chi connectivity index (χ3n) is 3.02. The first kappa shape index (κ1) is 12.1. The van der Waals surface area contributed by atoms with Crippen LogP contribution in [0.4, 0.5) is 0 Å². The number of rotatable bonds is 3. The van der Waals surface area contributed by atoms with Crippen molar-refractivity contribution in [1.29, 1.82) is 0 Å². The van der Waals surface area contributed by atoms with Crippen molar-refractivity contribution in [2.45, 2.75) is 59.1 Å². The van der Waals surface area contributed by atoms with Gasteiger partial charge in [0.05, 0.1) is 11.8 Å². The van der Waals surface area contributed by atoms with E-state index in [1.54, 1.807) is 0 Å². The summed E-state index contributed by atoms with van der Waals surface area (Å²) in [6, 6.07) is 0. The molecule has 2 rings (SSSR count). The first-order chi connectivity index (χ1) is 8.13. The maximum Gasteiger partial charge on any atom is 0.357 e. The Labute approximate surface area is 102 Å². The topological polar surface area (TPSA) is 44.1 Å². The number of nitrogens with zero attached hydrogens (tertiary/aromatic N) is 2. The third-order valence-corrected chi connectivity index (χ3v) is 3.02. The number of hydrogen-bond acceptors (Lipinski definition) is 3. The lowest BCUT2D eigenvalue weighted by atomic mass is 10.1. The van der Waals surface area contributed by atoms with Crippen LogP contribution in [-0.2, 0) is 24.1 Å². The quantitative estimate of drug-likeness (QED) is 0.757. The van der Waals surface area contributed by atoms with Gasteiger partial charge in [0.1, 0.15) is 5.82 Å². The standard InChI is InChI=1S/C13H20N2O2/c1-4-10-12(13(16)17-9(2)3)15-8-6-5-7-11(15)14-10/h9H,4-8H2,1-3H3. The molecule has 0 fully saturated rings. The molecule has 4 nitrogen and oxygen atoms in total. The number of fused-ring (bicyclic) bond motifs is 1. The molecule has 1 aliphatic heterocycles. The smallest absolute Gasteiger partial charge is 0.357 e. The maximum absolute atomic E-state index is 12.1. The van der Waals surface area contributed by atoms with E-state index in [1.807, 2.05) is 25.3 Å². The monoisotopic (exact) mass is 236 g/mol. The Morgan fingerprint density at radius 1 is 1.47 bits per heavy atom. The van der Waals surface area contributed by atoms with E-state index in [9.17, 15) is 4.79 Å². The molecule has 0 aromatic carbocycles. The van der Waals surface area contributed by atoms with Crippen LogP contribution < -0.4 is 0 Å². The number of carbonyl (C=O) groups excluding carboxylic acids is 1. The van der Waals surface area contributed by atoms with Crippen molar-refractivity contribution in [3.05, 3.63) is 17.2 Å². The molecule has 0 bridgehead atoms. The summed E-state index contributed by atoms with van der Waals surface area (Å²) in [6.07, 6.45) is 3.96. The van der Waals surface area contributed by atoms with E-state index < -0.39 is 0 Å². The molecule has 0 unspecified atom stereocenters. The van der Waals surface area contributed by atoms with Crippen LogP contribution in [0, 0.1) is 0 Å². The summed E-state index contributed by atoms with van der Waals surface area (Å²) in [5.41, 5.74) is 1.56. The van der Waals surface area contributed by atoms with Gasteiger partial charge in [-0.3, -0.25) is 0 Å².